The van der Waals surface area contributed by atoms with Gasteiger partial charge in [0.25, 0.3) is 0 Å². The van der Waals surface area contributed by atoms with Crippen molar-refractivity contribution in [3.8, 4) is 5.75 Å². The second-order valence-electron chi connectivity index (χ2n) is 4.42. The largest absolute Gasteiger partial charge is 0.489 e. The van der Waals surface area contributed by atoms with Crippen LogP contribution in [-0.4, -0.2) is 17.2 Å². The Hall–Kier alpha value is -1.92. The highest BCUT2D eigenvalue weighted by molar-refractivity contribution is 6.59. The lowest BCUT2D eigenvalue weighted by Gasteiger charge is -2.12. The fourth-order valence-corrected chi connectivity index (χ4v) is 1.87. The Morgan fingerprint density at radius 1 is 1.05 bits per heavy atom. The van der Waals surface area contributed by atoms with Gasteiger partial charge >= 0.3 is 7.12 Å². The summed E-state index contributed by atoms with van der Waals surface area (Å²) in [5.74, 6) is -0.438. The number of rotatable bonds is 4. The van der Waals surface area contributed by atoms with Gasteiger partial charge in [-0.05, 0) is 53.8 Å². The molecule has 104 valence electrons. The molecule has 0 aliphatic carbocycles. The van der Waals surface area contributed by atoms with Gasteiger partial charge in [-0.3, -0.25) is 0 Å². The van der Waals surface area contributed by atoms with Crippen LogP contribution in [0.5, 0.6) is 5.75 Å². The molecular weight excluding hydrogens is 265 g/mol. The van der Waals surface area contributed by atoms with E-state index in [9.17, 15) is 18.8 Å². The molecule has 0 spiro atoms. The minimum atomic E-state index is -1.78. The number of hydrogen-bond acceptors (Lipinski definition) is 3. The molecule has 0 bridgehead atoms. The van der Waals surface area contributed by atoms with Crippen molar-refractivity contribution in [1.82, 2.24) is 0 Å². The fraction of sp³-hybridized carbons (Fsp3) is 0.143. The minimum absolute atomic E-state index is 0.0275. The molecule has 3 nitrogen and oxygen atoms in total. The van der Waals surface area contributed by atoms with Crippen molar-refractivity contribution in [3.63, 3.8) is 0 Å². The smallest absolute Gasteiger partial charge is 0.488 e. The zero-order valence-electron chi connectivity index (χ0n) is 10.8. The van der Waals surface area contributed by atoms with Gasteiger partial charge in [-0.1, -0.05) is 6.07 Å². The van der Waals surface area contributed by atoms with Gasteiger partial charge in [0.15, 0.2) is 0 Å². The quantitative estimate of drug-likeness (QED) is 0.834. The van der Waals surface area contributed by atoms with Crippen molar-refractivity contribution in [2.75, 3.05) is 0 Å². The van der Waals surface area contributed by atoms with Gasteiger partial charge in [0, 0.05) is 0 Å². The van der Waals surface area contributed by atoms with E-state index in [2.05, 4.69) is 0 Å². The van der Waals surface area contributed by atoms with Crippen LogP contribution in [0.2, 0.25) is 0 Å². The van der Waals surface area contributed by atoms with Crippen LogP contribution in [0.1, 0.15) is 11.1 Å². The third-order valence-electron chi connectivity index (χ3n) is 2.91. The highest BCUT2D eigenvalue weighted by Crippen LogP contribution is 2.19. The molecule has 2 N–H and O–H groups in total. The summed E-state index contributed by atoms with van der Waals surface area (Å²) in [6.07, 6.45) is 0. The predicted octanol–water partition coefficient (Wildman–Crippen LogP) is 1.53. The maximum atomic E-state index is 13.1. The molecule has 0 fully saturated rings. The third kappa shape index (κ3) is 3.34. The lowest BCUT2D eigenvalue weighted by Crippen LogP contribution is -2.34. The van der Waals surface area contributed by atoms with E-state index in [1.807, 2.05) is 0 Å². The van der Waals surface area contributed by atoms with E-state index < -0.39 is 12.9 Å². The Balaban J connectivity index is 2.18. The SMILES string of the molecule is Cc1cc(F)ccc1OCc1ccc(F)cc1B(O)O. The van der Waals surface area contributed by atoms with Crippen LogP contribution in [0, 0.1) is 18.6 Å². The van der Waals surface area contributed by atoms with Gasteiger partial charge in [-0.2, -0.15) is 0 Å². The molecule has 2 rings (SSSR count). The average molecular weight is 278 g/mol. The average Bonchev–Trinajstić information content (AvgIpc) is 2.38. The van der Waals surface area contributed by atoms with Crippen LogP contribution in [0.3, 0.4) is 0 Å². The minimum Gasteiger partial charge on any atom is -0.489 e. The van der Waals surface area contributed by atoms with E-state index in [0.717, 1.165) is 6.07 Å². The van der Waals surface area contributed by atoms with Crippen molar-refractivity contribution in [3.05, 3.63) is 59.2 Å². The Kier molecular flexibility index (Phi) is 4.37. The Labute approximate surface area is 115 Å². The topological polar surface area (TPSA) is 49.7 Å². The van der Waals surface area contributed by atoms with E-state index in [-0.39, 0.29) is 17.9 Å². The van der Waals surface area contributed by atoms with Gasteiger partial charge in [0.1, 0.15) is 24.0 Å². The molecule has 0 atom stereocenters. The van der Waals surface area contributed by atoms with Crippen LogP contribution < -0.4 is 10.2 Å². The normalized spacial score (nSPS) is 10.4. The number of ether oxygens (including phenoxy) is 1. The molecule has 0 unspecified atom stereocenters. The van der Waals surface area contributed by atoms with Crippen LogP contribution in [0.15, 0.2) is 36.4 Å². The molecule has 0 saturated carbocycles. The maximum absolute atomic E-state index is 13.1. The predicted molar refractivity (Wildman–Crippen MR) is 71.7 cm³/mol. The van der Waals surface area contributed by atoms with Crippen molar-refractivity contribution >= 4 is 12.6 Å². The summed E-state index contributed by atoms with van der Waals surface area (Å²) in [6, 6.07) is 7.77. The monoisotopic (exact) mass is 278 g/mol. The second-order valence-corrected chi connectivity index (χ2v) is 4.42. The molecule has 2 aromatic carbocycles. The molecule has 2 aromatic rings. The second kappa shape index (κ2) is 6.03. The molecule has 0 amide bonds. The van der Waals surface area contributed by atoms with E-state index in [1.165, 1.54) is 30.3 Å². The van der Waals surface area contributed by atoms with Gasteiger partial charge < -0.3 is 14.8 Å². The Morgan fingerprint density at radius 3 is 2.35 bits per heavy atom. The van der Waals surface area contributed by atoms with E-state index in [1.54, 1.807) is 6.92 Å². The van der Waals surface area contributed by atoms with E-state index in [0.29, 0.717) is 16.9 Å². The van der Waals surface area contributed by atoms with Crippen molar-refractivity contribution in [2.45, 2.75) is 13.5 Å². The first-order chi connectivity index (χ1) is 9.47. The van der Waals surface area contributed by atoms with Crippen molar-refractivity contribution in [1.29, 1.82) is 0 Å². The highest BCUT2D eigenvalue weighted by Gasteiger charge is 2.17. The summed E-state index contributed by atoms with van der Waals surface area (Å²) in [5.41, 5.74) is 1.12. The summed E-state index contributed by atoms with van der Waals surface area (Å²) < 4.78 is 31.5. The zero-order valence-corrected chi connectivity index (χ0v) is 10.8. The molecular formula is C14H13BF2O3. The lowest BCUT2D eigenvalue weighted by molar-refractivity contribution is 0.303. The first-order valence-electron chi connectivity index (χ1n) is 6.01. The van der Waals surface area contributed by atoms with Gasteiger partial charge in [0.2, 0.25) is 0 Å². The molecule has 20 heavy (non-hydrogen) atoms. The molecule has 0 heterocycles. The maximum Gasteiger partial charge on any atom is 0.488 e. The van der Waals surface area contributed by atoms with Crippen LogP contribution in [0.25, 0.3) is 0 Å². The van der Waals surface area contributed by atoms with Crippen molar-refractivity contribution in [2.24, 2.45) is 0 Å². The highest BCUT2D eigenvalue weighted by atomic mass is 19.1. The molecule has 0 aliphatic rings. The standard InChI is InChI=1S/C14H13BF2O3/c1-9-6-11(16)4-5-14(9)20-8-10-2-3-12(17)7-13(10)15(18)19/h2-7,18-19H,8H2,1H3. The van der Waals surface area contributed by atoms with Crippen LogP contribution >= 0.6 is 0 Å². The zero-order chi connectivity index (χ0) is 14.7. The summed E-state index contributed by atoms with van der Waals surface area (Å²) >= 11 is 0. The van der Waals surface area contributed by atoms with Gasteiger partial charge in [0.05, 0.1) is 0 Å². The van der Waals surface area contributed by atoms with E-state index in [4.69, 9.17) is 4.74 Å². The molecule has 0 aromatic heterocycles. The lowest BCUT2D eigenvalue weighted by atomic mass is 9.77. The fourth-order valence-electron chi connectivity index (χ4n) is 1.87. The molecule has 6 heteroatoms. The summed E-state index contributed by atoms with van der Waals surface area (Å²) in [6.45, 7) is 1.73. The van der Waals surface area contributed by atoms with E-state index >= 15 is 0 Å². The first-order valence-corrected chi connectivity index (χ1v) is 6.01. The number of aryl methyl sites for hydroxylation is 1. The number of hydrogen-bond donors (Lipinski definition) is 2. The van der Waals surface area contributed by atoms with Gasteiger partial charge in [-0.15, -0.1) is 0 Å². The number of halogens is 2. The van der Waals surface area contributed by atoms with Crippen LogP contribution in [-0.2, 0) is 6.61 Å². The molecule has 0 saturated heterocycles. The molecule has 0 radical (unpaired) electrons. The van der Waals surface area contributed by atoms with Crippen LogP contribution in [0.4, 0.5) is 8.78 Å². The Morgan fingerprint density at radius 2 is 1.70 bits per heavy atom. The summed E-state index contributed by atoms with van der Waals surface area (Å²) in [7, 11) is -1.78. The first kappa shape index (κ1) is 14.5. The molecule has 0 aliphatic heterocycles. The third-order valence-corrected chi connectivity index (χ3v) is 2.91. The summed E-state index contributed by atoms with van der Waals surface area (Å²) in [5, 5.41) is 18.4. The summed E-state index contributed by atoms with van der Waals surface area (Å²) in [4.78, 5) is 0. The van der Waals surface area contributed by atoms with Crippen molar-refractivity contribution < 1.29 is 23.6 Å². The van der Waals surface area contributed by atoms with Gasteiger partial charge in [-0.25, -0.2) is 8.78 Å². The Bertz CT molecular complexity index is 617. The number of benzene rings is 2.